The van der Waals surface area contributed by atoms with Crippen LogP contribution >= 0.6 is 0 Å². The quantitative estimate of drug-likeness (QED) is 0.378. The molecule has 2 aromatic rings. The Morgan fingerprint density at radius 1 is 1.07 bits per heavy atom. The van der Waals surface area contributed by atoms with E-state index in [2.05, 4.69) is 26.4 Å². The van der Waals surface area contributed by atoms with Crippen molar-refractivity contribution in [2.75, 3.05) is 10.6 Å². The zero-order valence-electron chi connectivity index (χ0n) is 15.9. The maximum atomic E-state index is 11.9. The molecule has 0 spiro atoms. The molecule has 0 aromatic carbocycles. The highest BCUT2D eigenvalue weighted by molar-refractivity contribution is 6.14. The van der Waals surface area contributed by atoms with Gasteiger partial charge in [0.15, 0.2) is 5.65 Å². The lowest BCUT2D eigenvalue weighted by atomic mass is 9.92. The Bertz CT molecular complexity index is 1000. The standard InChI is InChI=1S/C19H24N8O2/c20-11-1-3-12(4-2-11)22-15-8-16(23-13-5-6-13)27-17(25-15)10(9-21-27)7-14-18(28)26-19(29)24-14/h7-9,11-13,23H,1-6,20H2,(H,22,25)(H2,24,26,28,29)/b14-7-/t11-,12-. The van der Waals surface area contributed by atoms with Gasteiger partial charge in [0, 0.05) is 29.8 Å². The highest BCUT2D eigenvalue weighted by atomic mass is 16.2. The van der Waals surface area contributed by atoms with Crippen LogP contribution in [0.5, 0.6) is 0 Å². The third kappa shape index (κ3) is 3.75. The van der Waals surface area contributed by atoms with Crippen LogP contribution in [-0.4, -0.2) is 44.7 Å². The molecule has 29 heavy (non-hydrogen) atoms. The maximum absolute atomic E-state index is 11.9. The second-order valence-corrected chi connectivity index (χ2v) is 8.00. The van der Waals surface area contributed by atoms with E-state index < -0.39 is 11.9 Å². The number of carbonyl (C=O) groups is 2. The topological polar surface area (TPSA) is 138 Å². The summed E-state index contributed by atoms with van der Waals surface area (Å²) in [5, 5.41) is 16.2. The molecule has 0 radical (unpaired) electrons. The van der Waals surface area contributed by atoms with Crippen LogP contribution in [-0.2, 0) is 4.79 Å². The minimum atomic E-state index is -0.528. The van der Waals surface area contributed by atoms with Crippen LogP contribution in [0.3, 0.4) is 0 Å². The summed E-state index contributed by atoms with van der Waals surface area (Å²) in [5.74, 6) is 1.16. The number of hydrogen-bond donors (Lipinski definition) is 5. The van der Waals surface area contributed by atoms with Gasteiger partial charge >= 0.3 is 6.03 Å². The fourth-order valence-corrected chi connectivity index (χ4v) is 3.81. The zero-order chi connectivity index (χ0) is 20.0. The van der Waals surface area contributed by atoms with Gasteiger partial charge in [-0.25, -0.2) is 9.78 Å². The molecule has 152 valence electrons. The summed E-state index contributed by atoms with van der Waals surface area (Å²) in [6.45, 7) is 0. The lowest BCUT2D eigenvalue weighted by Crippen LogP contribution is -2.33. The van der Waals surface area contributed by atoms with Crippen molar-refractivity contribution in [2.45, 2.75) is 56.7 Å². The average molecular weight is 396 g/mol. The number of nitrogens with two attached hydrogens (primary N) is 1. The Morgan fingerprint density at radius 2 is 1.79 bits per heavy atom. The number of nitrogens with zero attached hydrogens (tertiary/aromatic N) is 3. The first-order valence-electron chi connectivity index (χ1n) is 10.1. The third-order valence-corrected chi connectivity index (χ3v) is 5.57. The van der Waals surface area contributed by atoms with Crippen molar-refractivity contribution in [3.63, 3.8) is 0 Å². The van der Waals surface area contributed by atoms with Crippen LogP contribution in [0.2, 0.25) is 0 Å². The lowest BCUT2D eigenvalue weighted by molar-refractivity contribution is -0.115. The number of imide groups is 1. The first-order chi connectivity index (χ1) is 14.0. The third-order valence-electron chi connectivity index (χ3n) is 5.57. The van der Waals surface area contributed by atoms with Crippen LogP contribution in [0.15, 0.2) is 18.0 Å². The van der Waals surface area contributed by atoms with Crippen LogP contribution < -0.4 is 27.0 Å². The predicted molar refractivity (Wildman–Crippen MR) is 108 cm³/mol. The summed E-state index contributed by atoms with van der Waals surface area (Å²) in [6.07, 6.45) is 9.56. The number of urea groups is 1. The Morgan fingerprint density at radius 3 is 2.48 bits per heavy atom. The molecular weight excluding hydrogens is 372 g/mol. The molecule has 6 N–H and O–H groups in total. The molecule has 2 aromatic heterocycles. The van der Waals surface area contributed by atoms with Crippen LogP contribution in [0.4, 0.5) is 16.4 Å². The van der Waals surface area contributed by atoms with E-state index in [-0.39, 0.29) is 11.7 Å². The molecule has 10 nitrogen and oxygen atoms in total. The number of nitrogens with one attached hydrogen (secondary N) is 4. The summed E-state index contributed by atoms with van der Waals surface area (Å²) in [4.78, 5) is 28.0. The van der Waals surface area contributed by atoms with Gasteiger partial charge in [-0.3, -0.25) is 10.1 Å². The van der Waals surface area contributed by atoms with Gasteiger partial charge in [0.2, 0.25) is 0 Å². The minimum Gasteiger partial charge on any atom is -0.367 e. The van der Waals surface area contributed by atoms with Gasteiger partial charge in [0.25, 0.3) is 5.91 Å². The van der Waals surface area contributed by atoms with Crippen LogP contribution in [0.1, 0.15) is 44.1 Å². The summed E-state index contributed by atoms with van der Waals surface area (Å²) in [6, 6.07) is 2.53. The lowest BCUT2D eigenvalue weighted by Gasteiger charge is -2.27. The molecule has 3 fully saturated rings. The molecule has 3 heterocycles. The first-order valence-corrected chi connectivity index (χ1v) is 10.1. The molecule has 2 aliphatic carbocycles. The molecule has 3 amide bonds. The number of anilines is 2. The fraction of sp³-hybridized carbons (Fsp3) is 0.474. The van der Waals surface area contributed by atoms with Gasteiger partial charge in [-0.1, -0.05) is 0 Å². The van der Waals surface area contributed by atoms with Crippen molar-refractivity contribution in [1.82, 2.24) is 25.2 Å². The van der Waals surface area contributed by atoms with Crippen molar-refractivity contribution in [2.24, 2.45) is 5.73 Å². The number of amides is 3. The van der Waals surface area contributed by atoms with Gasteiger partial charge in [0.1, 0.15) is 17.3 Å². The Balaban J connectivity index is 1.49. The fourth-order valence-electron chi connectivity index (χ4n) is 3.81. The first kappa shape index (κ1) is 17.9. The molecule has 1 saturated heterocycles. The van der Waals surface area contributed by atoms with Crippen molar-refractivity contribution in [3.05, 3.63) is 23.5 Å². The van der Waals surface area contributed by atoms with E-state index in [0.29, 0.717) is 23.3 Å². The Hall–Kier alpha value is -3.14. The summed E-state index contributed by atoms with van der Waals surface area (Å²) < 4.78 is 1.74. The molecular formula is C19H24N8O2. The highest BCUT2D eigenvalue weighted by Crippen LogP contribution is 2.28. The predicted octanol–water partition coefficient (Wildman–Crippen LogP) is 1.17. The number of aromatic nitrogens is 3. The van der Waals surface area contributed by atoms with Gasteiger partial charge in [-0.15, -0.1) is 0 Å². The van der Waals surface area contributed by atoms with Gasteiger partial charge < -0.3 is 21.7 Å². The van der Waals surface area contributed by atoms with E-state index in [1.807, 2.05) is 6.07 Å². The van der Waals surface area contributed by atoms with Crippen molar-refractivity contribution >= 4 is 35.3 Å². The molecule has 2 saturated carbocycles. The monoisotopic (exact) mass is 396 g/mol. The molecule has 1 aliphatic heterocycles. The molecule has 10 heteroatoms. The van der Waals surface area contributed by atoms with Crippen molar-refractivity contribution in [3.8, 4) is 0 Å². The Kier molecular flexibility index (Phi) is 4.35. The van der Waals surface area contributed by atoms with Crippen molar-refractivity contribution in [1.29, 1.82) is 0 Å². The molecule has 5 rings (SSSR count). The van der Waals surface area contributed by atoms with Gasteiger partial charge in [-0.2, -0.15) is 9.61 Å². The molecule has 3 aliphatic rings. The number of hydrogen-bond acceptors (Lipinski definition) is 7. The van der Waals surface area contributed by atoms with Crippen molar-refractivity contribution < 1.29 is 9.59 Å². The smallest absolute Gasteiger partial charge is 0.326 e. The van der Waals surface area contributed by atoms with E-state index in [0.717, 1.165) is 50.2 Å². The zero-order valence-corrected chi connectivity index (χ0v) is 15.9. The summed E-state index contributed by atoms with van der Waals surface area (Å²) in [5.41, 5.74) is 7.48. The molecule has 0 atom stereocenters. The summed E-state index contributed by atoms with van der Waals surface area (Å²) in [7, 11) is 0. The van der Waals surface area contributed by atoms with E-state index in [1.165, 1.54) is 0 Å². The second kappa shape index (κ2) is 7.03. The van der Waals surface area contributed by atoms with Crippen LogP contribution in [0, 0.1) is 0 Å². The average Bonchev–Trinajstić information content (AvgIpc) is 3.33. The SMILES string of the molecule is N[C@H]1CC[C@H](Nc2cc(NC3CC3)n3ncc(/C=C4\NC(=O)NC4=O)c3n2)CC1. The highest BCUT2D eigenvalue weighted by Gasteiger charge is 2.26. The van der Waals surface area contributed by atoms with E-state index in [9.17, 15) is 9.59 Å². The number of carbonyl (C=O) groups excluding carboxylic acids is 2. The van der Waals surface area contributed by atoms with Gasteiger partial charge in [0.05, 0.1) is 6.20 Å². The number of fused-ring (bicyclic) bond motifs is 1. The van der Waals surface area contributed by atoms with E-state index in [4.69, 9.17) is 10.7 Å². The summed E-state index contributed by atoms with van der Waals surface area (Å²) >= 11 is 0. The van der Waals surface area contributed by atoms with E-state index >= 15 is 0 Å². The normalized spacial score (nSPS) is 25.9. The minimum absolute atomic E-state index is 0.183. The van der Waals surface area contributed by atoms with Gasteiger partial charge in [-0.05, 0) is 44.6 Å². The van der Waals surface area contributed by atoms with Crippen LogP contribution in [0.25, 0.3) is 11.7 Å². The Labute approximate surface area is 167 Å². The molecule has 0 unspecified atom stereocenters. The second-order valence-electron chi connectivity index (χ2n) is 8.00. The van der Waals surface area contributed by atoms with E-state index in [1.54, 1.807) is 16.8 Å². The maximum Gasteiger partial charge on any atom is 0.326 e. The number of rotatable bonds is 5. The molecule has 0 bridgehead atoms. The largest absolute Gasteiger partial charge is 0.367 e.